The van der Waals surface area contributed by atoms with Crippen LogP contribution in [-0.2, 0) is 12.4 Å². The van der Waals surface area contributed by atoms with Crippen molar-refractivity contribution in [3.63, 3.8) is 0 Å². The van der Waals surface area contributed by atoms with Gasteiger partial charge in [-0.2, -0.15) is 26.3 Å². The minimum atomic E-state index is -4.90. The number of benzene rings is 5. The van der Waals surface area contributed by atoms with E-state index in [0.29, 0.717) is 0 Å². The molecule has 0 aliphatic rings. The molecule has 40 heavy (non-hydrogen) atoms. The second-order valence-electron chi connectivity index (χ2n) is 9.54. The lowest BCUT2D eigenvalue weighted by atomic mass is 9.95. The number of para-hydroxylation sites is 1. The summed E-state index contributed by atoms with van der Waals surface area (Å²) in [6, 6.07) is 32.0. The van der Waals surface area contributed by atoms with Gasteiger partial charge in [0.2, 0.25) is 0 Å². The van der Waals surface area contributed by atoms with E-state index in [1.54, 1.807) is 12.1 Å². The van der Waals surface area contributed by atoms with Crippen LogP contribution in [0.15, 0.2) is 115 Å². The molecule has 0 atom stereocenters. The molecule has 0 N–H and O–H groups in total. The van der Waals surface area contributed by atoms with Gasteiger partial charge in [-0.05, 0) is 75.5 Å². The summed E-state index contributed by atoms with van der Waals surface area (Å²) in [5.41, 5.74) is 1.85. The van der Waals surface area contributed by atoms with Crippen molar-refractivity contribution in [3.05, 3.63) is 126 Å². The van der Waals surface area contributed by atoms with Gasteiger partial charge in [0.25, 0.3) is 0 Å². The lowest BCUT2D eigenvalue weighted by molar-refractivity contribution is -0.143. The van der Waals surface area contributed by atoms with Crippen LogP contribution in [0, 0.1) is 0 Å². The highest BCUT2D eigenvalue weighted by atomic mass is 19.4. The van der Waals surface area contributed by atoms with Crippen molar-refractivity contribution in [1.29, 1.82) is 0 Å². The Morgan fingerprint density at radius 3 is 1.52 bits per heavy atom. The highest BCUT2D eigenvalue weighted by Gasteiger charge is 2.37. The van der Waals surface area contributed by atoms with E-state index in [4.69, 9.17) is 4.98 Å². The van der Waals surface area contributed by atoms with Crippen LogP contribution in [-0.4, -0.2) is 4.98 Å². The molecule has 0 saturated carbocycles. The molecule has 0 amide bonds. The molecule has 0 radical (unpaired) electrons. The van der Waals surface area contributed by atoms with E-state index in [9.17, 15) is 26.3 Å². The summed E-state index contributed by atoms with van der Waals surface area (Å²) >= 11 is 0. The molecule has 7 heteroatoms. The largest absolute Gasteiger partial charge is 0.416 e. The number of fused-ring (bicyclic) bond motifs is 2. The summed E-state index contributed by atoms with van der Waals surface area (Å²) in [6.45, 7) is 0. The van der Waals surface area contributed by atoms with Crippen LogP contribution in [0.25, 0.3) is 55.2 Å². The number of aromatic nitrogens is 1. The zero-order chi connectivity index (χ0) is 28.1. The number of halogens is 6. The monoisotopic (exact) mass is 543 g/mol. The molecule has 1 heterocycles. The molecular formula is C33H19F6N. The summed E-state index contributed by atoms with van der Waals surface area (Å²) < 4.78 is 79.7. The topological polar surface area (TPSA) is 12.9 Å². The fourth-order valence-electron chi connectivity index (χ4n) is 4.79. The molecule has 0 spiro atoms. The molecule has 0 aliphatic heterocycles. The Balaban J connectivity index is 1.31. The van der Waals surface area contributed by atoms with Gasteiger partial charge < -0.3 is 0 Å². The summed E-state index contributed by atoms with van der Waals surface area (Å²) in [5.74, 6) is 0. The molecule has 5 aromatic carbocycles. The summed E-state index contributed by atoms with van der Waals surface area (Å²) in [4.78, 5) is 4.76. The first-order valence-corrected chi connectivity index (χ1v) is 12.3. The molecule has 0 bridgehead atoms. The van der Waals surface area contributed by atoms with Crippen molar-refractivity contribution in [1.82, 2.24) is 4.98 Å². The highest BCUT2D eigenvalue weighted by molar-refractivity contribution is 5.91. The van der Waals surface area contributed by atoms with Crippen molar-refractivity contribution in [2.75, 3.05) is 0 Å². The number of nitrogens with zero attached hydrogens (tertiary/aromatic N) is 1. The van der Waals surface area contributed by atoms with Crippen molar-refractivity contribution >= 4 is 21.7 Å². The fourth-order valence-corrected chi connectivity index (χ4v) is 4.79. The summed E-state index contributed by atoms with van der Waals surface area (Å²) in [7, 11) is 0. The lowest BCUT2D eigenvalue weighted by Gasteiger charge is -2.14. The number of hydrogen-bond donors (Lipinski definition) is 0. The van der Waals surface area contributed by atoms with Crippen LogP contribution in [0.3, 0.4) is 0 Å². The maximum Gasteiger partial charge on any atom is 0.416 e. The van der Waals surface area contributed by atoms with Crippen molar-refractivity contribution in [3.8, 4) is 33.5 Å². The summed E-state index contributed by atoms with van der Waals surface area (Å²) in [5, 5.41) is 3.06. The van der Waals surface area contributed by atoms with Gasteiger partial charge in [-0.1, -0.05) is 72.8 Å². The minimum absolute atomic E-state index is 0.133. The van der Waals surface area contributed by atoms with Crippen molar-refractivity contribution in [2.24, 2.45) is 0 Å². The standard InChI is InChI=1S/C33H19F6N/c34-32(35,36)28-17-27(18-29(19-28)33(37,38)39)21-7-5-20(6-8-21)23-9-10-25-16-26(12-11-24(25)15-23)31-14-13-22-3-1-2-4-30(22)40-31/h1-19H. The Kier molecular flexibility index (Phi) is 6.10. The van der Waals surface area contributed by atoms with Crippen LogP contribution in [0.1, 0.15) is 11.1 Å². The van der Waals surface area contributed by atoms with Gasteiger partial charge in [-0.25, -0.2) is 4.98 Å². The van der Waals surface area contributed by atoms with Crippen LogP contribution in [0.2, 0.25) is 0 Å². The molecule has 0 aliphatic carbocycles. The zero-order valence-electron chi connectivity index (χ0n) is 20.7. The van der Waals surface area contributed by atoms with Gasteiger partial charge in [0.1, 0.15) is 0 Å². The zero-order valence-corrected chi connectivity index (χ0v) is 20.7. The first kappa shape index (κ1) is 25.6. The van der Waals surface area contributed by atoms with E-state index >= 15 is 0 Å². The molecule has 0 saturated heterocycles. The van der Waals surface area contributed by atoms with Gasteiger partial charge in [0.05, 0.1) is 22.3 Å². The van der Waals surface area contributed by atoms with E-state index in [1.165, 1.54) is 12.1 Å². The SMILES string of the molecule is FC(F)(F)c1cc(-c2ccc(-c3ccc4cc(-c5ccc6ccccc6n5)ccc4c3)cc2)cc(C(F)(F)F)c1. The van der Waals surface area contributed by atoms with Crippen LogP contribution in [0.5, 0.6) is 0 Å². The number of hydrogen-bond acceptors (Lipinski definition) is 1. The second-order valence-corrected chi connectivity index (χ2v) is 9.54. The fraction of sp³-hybridized carbons (Fsp3) is 0.0606. The maximum absolute atomic E-state index is 13.3. The highest BCUT2D eigenvalue weighted by Crippen LogP contribution is 2.39. The number of pyridine rings is 1. The number of alkyl halides is 6. The Labute approximate surface area is 225 Å². The van der Waals surface area contributed by atoms with E-state index in [0.717, 1.165) is 56.2 Å². The number of rotatable bonds is 3. The Morgan fingerprint density at radius 1 is 0.400 bits per heavy atom. The molecule has 198 valence electrons. The van der Waals surface area contributed by atoms with Crippen LogP contribution >= 0.6 is 0 Å². The average molecular weight is 544 g/mol. The summed E-state index contributed by atoms with van der Waals surface area (Å²) in [6.07, 6.45) is -9.80. The van der Waals surface area contributed by atoms with E-state index in [1.807, 2.05) is 66.7 Å². The molecular weight excluding hydrogens is 524 g/mol. The average Bonchev–Trinajstić information content (AvgIpc) is 2.95. The van der Waals surface area contributed by atoms with E-state index < -0.39 is 23.5 Å². The van der Waals surface area contributed by atoms with Gasteiger partial charge in [-0.3, -0.25) is 0 Å². The van der Waals surface area contributed by atoms with Crippen LogP contribution < -0.4 is 0 Å². The van der Waals surface area contributed by atoms with Crippen molar-refractivity contribution in [2.45, 2.75) is 12.4 Å². The van der Waals surface area contributed by atoms with Crippen LogP contribution in [0.4, 0.5) is 26.3 Å². The first-order chi connectivity index (χ1) is 19.0. The molecule has 6 rings (SSSR count). The third-order valence-corrected chi connectivity index (χ3v) is 6.87. The second kappa shape index (κ2) is 9.52. The minimum Gasteiger partial charge on any atom is -0.248 e. The Hall–Kier alpha value is -4.65. The predicted octanol–water partition coefficient (Wildman–Crippen LogP) is 10.4. The third-order valence-electron chi connectivity index (χ3n) is 6.87. The van der Waals surface area contributed by atoms with Gasteiger partial charge in [0, 0.05) is 10.9 Å². The third kappa shape index (κ3) is 5.02. The normalized spacial score (nSPS) is 12.2. The molecule has 0 fully saturated rings. The van der Waals surface area contributed by atoms with Gasteiger partial charge in [-0.15, -0.1) is 0 Å². The first-order valence-electron chi connectivity index (χ1n) is 12.3. The van der Waals surface area contributed by atoms with E-state index in [2.05, 4.69) is 6.07 Å². The molecule has 1 nitrogen and oxygen atoms in total. The maximum atomic E-state index is 13.3. The van der Waals surface area contributed by atoms with Gasteiger partial charge >= 0.3 is 12.4 Å². The predicted molar refractivity (Wildman–Crippen MR) is 146 cm³/mol. The molecule has 0 unspecified atom stereocenters. The van der Waals surface area contributed by atoms with Crippen molar-refractivity contribution < 1.29 is 26.3 Å². The Bertz CT molecular complexity index is 1840. The smallest absolute Gasteiger partial charge is 0.248 e. The lowest BCUT2D eigenvalue weighted by Crippen LogP contribution is -2.11. The molecule has 6 aromatic rings. The quantitative estimate of drug-likeness (QED) is 0.202. The molecule has 1 aromatic heterocycles. The van der Waals surface area contributed by atoms with Gasteiger partial charge in [0.15, 0.2) is 0 Å². The Morgan fingerprint density at radius 2 is 0.900 bits per heavy atom. The van der Waals surface area contributed by atoms with E-state index in [-0.39, 0.29) is 17.2 Å².